The topological polar surface area (TPSA) is 29.3 Å². The van der Waals surface area contributed by atoms with Crippen LogP contribution in [-0.4, -0.2) is 24.5 Å². The highest BCUT2D eigenvalue weighted by molar-refractivity contribution is 5.86. The van der Waals surface area contributed by atoms with Crippen LogP contribution in [0.1, 0.15) is 38.8 Å². The molecule has 0 heterocycles. The van der Waals surface area contributed by atoms with Crippen LogP contribution in [0, 0.1) is 5.92 Å². The Morgan fingerprint density at radius 1 is 1.05 bits per heavy atom. The molecule has 0 bridgehead atoms. The number of hydrogen-bond donors (Lipinski definition) is 1. The minimum absolute atomic E-state index is 0.301. The molecule has 0 fully saturated rings. The van der Waals surface area contributed by atoms with Crippen LogP contribution in [0.5, 0.6) is 0 Å². The van der Waals surface area contributed by atoms with Gasteiger partial charge in [-0.05, 0) is 28.8 Å². The summed E-state index contributed by atoms with van der Waals surface area (Å²) in [6.45, 7) is 9.62. The lowest BCUT2D eigenvalue weighted by Crippen LogP contribution is -2.36. The molecular formula is C19H28N2. The Kier molecular flexibility index (Phi) is 5.77. The molecule has 0 amide bonds. The Balaban J connectivity index is 2.38. The van der Waals surface area contributed by atoms with E-state index >= 15 is 0 Å². The zero-order valence-corrected chi connectivity index (χ0v) is 13.5. The van der Waals surface area contributed by atoms with Crippen LogP contribution in [-0.2, 0) is 0 Å². The smallest absolute Gasteiger partial charge is 0.0476 e. The van der Waals surface area contributed by atoms with Gasteiger partial charge in [0.25, 0.3) is 0 Å². The van der Waals surface area contributed by atoms with Crippen molar-refractivity contribution in [1.82, 2.24) is 4.90 Å². The van der Waals surface area contributed by atoms with E-state index in [0.717, 1.165) is 13.1 Å². The fraction of sp³-hybridized carbons (Fsp3) is 0.474. The Bertz CT molecular complexity index is 559. The monoisotopic (exact) mass is 284 g/mol. The van der Waals surface area contributed by atoms with Gasteiger partial charge in [-0.25, -0.2) is 0 Å². The van der Waals surface area contributed by atoms with Crippen LogP contribution in [0.25, 0.3) is 10.8 Å². The van der Waals surface area contributed by atoms with Crippen molar-refractivity contribution in [1.29, 1.82) is 0 Å². The molecule has 2 atom stereocenters. The predicted octanol–water partition coefficient (Wildman–Crippen LogP) is 4.21. The molecule has 114 valence electrons. The van der Waals surface area contributed by atoms with Crippen molar-refractivity contribution < 1.29 is 0 Å². The van der Waals surface area contributed by atoms with Crippen molar-refractivity contribution in [3.8, 4) is 0 Å². The maximum absolute atomic E-state index is 6.15. The normalized spacial score (nSPS) is 14.5. The highest BCUT2D eigenvalue weighted by atomic mass is 15.2. The Morgan fingerprint density at radius 3 is 2.43 bits per heavy atom. The summed E-state index contributed by atoms with van der Waals surface area (Å²) in [5.41, 5.74) is 7.51. The van der Waals surface area contributed by atoms with Crippen molar-refractivity contribution in [2.75, 3.05) is 19.6 Å². The zero-order chi connectivity index (χ0) is 15.2. The molecule has 21 heavy (non-hydrogen) atoms. The van der Waals surface area contributed by atoms with Gasteiger partial charge in [-0.2, -0.15) is 0 Å². The fourth-order valence-corrected chi connectivity index (χ4v) is 3.02. The zero-order valence-electron chi connectivity index (χ0n) is 13.5. The predicted molar refractivity (Wildman–Crippen MR) is 92.4 cm³/mol. The molecule has 0 aromatic heterocycles. The van der Waals surface area contributed by atoms with Crippen molar-refractivity contribution >= 4 is 10.8 Å². The number of benzene rings is 2. The van der Waals surface area contributed by atoms with Crippen molar-refractivity contribution in [3.05, 3.63) is 48.0 Å². The molecule has 2 nitrogen and oxygen atoms in total. The average molecular weight is 284 g/mol. The second kappa shape index (κ2) is 7.58. The summed E-state index contributed by atoms with van der Waals surface area (Å²) in [7, 11) is 0. The molecule has 0 radical (unpaired) electrons. The van der Waals surface area contributed by atoms with E-state index in [1.54, 1.807) is 0 Å². The summed E-state index contributed by atoms with van der Waals surface area (Å²) in [6, 6.07) is 15.5. The molecule has 2 heteroatoms. The van der Waals surface area contributed by atoms with Gasteiger partial charge in [-0.15, -0.1) is 0 Å². The van der Waals surface area contributed by atoms with Crippen LogP contribution in [0.3, 0.4) is 0 Å². The standard InChI is InChI=1S/C19H28N2/c1-4-15(3)14-21(5-2)19(13-20)18-12-8-10-16-9-6-7-11-17(16)18/h6-12,15,19H,4-5,13-14,20H2,1-3H3. The molecule has 0 aliphatic rings. The second-order valence-corrected chi connectivity index (χ2v) is 5.92. The lowest BCUT2D eigenvalue weighted by atomic mass is 9.96. The lowest BCUT2D eigenvalue weighted by Gasteiger charge is -2.33. The number of nitrogens with zero attached hydrogens (tertiary/aromatic N) is 1. The van der Waals surface area contributed by atoms with Crippen molar-refractivity contribution in [3.63, 3.8) is 0 Å². The molecule has 0 aliphatic carbocycles. The molecular weight excluding hydrogens is 256 g/mol. The second-order valence-electron chi connectivity index (χ2n) is 5.92. The molecule has 0 spiro atoms. The highest BCUT2D eigenvalue weighted by Gasteiger charge is 2.20. The van der Waals surface area contributed by atoms with Gasteiger partial charge in [-0.1, -0.05) is 69.7 Å². The number of nitrogens with two attached hydrogens (primary N) is 1. The van der Waals surface area contributed by atoms with Crippen molar-refractivity contribution in [2.45, 2.75) is 33.2 Å². The summed E-state index contributed by atoms with van der Waals surface area (Å²) in [5.74, 6) is 0.703. The van der Waals surface area contributed by atoms with E-state index in [0.29, 0.717) is 18.5 Å². The maximum atomic E-state index is 6.15. The first kappa shape index (κ1) is 16.0. The Morgan fingerprint density at radius 2 is 1.76 bits per heavy atom. The van der Waals surface area contributed by atoms with Gasteiger partial charge in [0.1, 0.15) is 0 Å². The molecule has 2 rings (SSSR count). The molecule has 0 saturated carbocycles. The lowest BCUT2D eigenvalue weighted by molar-refractivity contribution is 0.183. The van der Waals surface area contributed by atoms with E-state index in [-0.39, 0.29) is 0 Å². The van der Waals surface area contributed by atoms with Gasteiger partial charge in [0.15, 0.2) is 0 Å². The molecule has 0 aliphatic heterocycles. The van der Waals surface area contributed by atoms with Gasteiger partial charge >= 0.3 is 0 Å². The largest absolute Gasteiger partial charge is 0.329 e. The van der Waals surface area contributed by atoms with Crippen LogP contribution in [0.4, 0.5) is 0 Å². The van der Waals surface area contributed by atoms with Gasteiger partial charge in [0.05, 0.1) is 0 Å². The van der Waals surface area contributed by atoms with E-state index < -0.39 is 0 Å². The van der Waals surface area contributed by atoms with Gasteiger partial charge in [0.2, 0.25) is 0 Å². The number of fused-ring (bicyclic) bond motifs is 1. The first-order valence-electron chi connectivity index (χ1n) is 8.13. The molecule has 2 N–H and O–H groups in total. The first-order valence-corrected chi connectivity index (χ1v) is 8.13. The highest BCUT2D eigenvalue weighted by Crippen LogP contribution is 2.28. The van der Waals surface area contributed by atoms with E-state index in [1.165, 1.54) is 22.8 Å². The van der Waals surface area contributed by atoms with Gasteiger partial charge in [-0.3, -0.25) is 4.90 Å². The number of hydrogen-bond acceptors (Lipinski definition) is 2. The number of rotatable bonds is 7. The average Bonchev–Trinajstić information content (AvgIpc) is 2.54. The summed E-state index contributed by atoms with van der Waals surface area (Å²) in [4.78, 5) is 2.52. The van der Waals surface area contributed by atoms with E-state index in [1.807, 2.05) is 0 Å². The fourth-order valence-electron chi connectivity index (χ4n) is 3.02. The van der Waals surface area contributed by atoms with Gasteiger partial charge < -0.3 is 5.73 Å². The Labute approximate surface area is 128 Å². The third kappa shape index (κ3) is 3.63. The van der Waals surface area contributed by atoms with Crippen molar-refractivity contribution in [2.24, 2.45) is 11.7 Å². The number of likely N-dealkylation sites (N-methyl/N-ethyl adjacent to an activating group) is 1. The molecule has 2 aromatic carbocycles. The minimum Gasteiger partial charge on any atom is -0.329 e. The summed E-state index contributed by atoms with van der Waals surface area (Å²) in [5, 5.41) is 2.63. The molecule has 0 saturated heterocycles. The summed E-state index contributed by atoms with van der Waals surface area (Å²) < 4.78 is 0. The van der Waals surface area contributed by atoms with Crippen LogP contribution >= 0.6 is 0 Å². The summed E-state index contributed by atoms with van der Waals surface area (Å²) in [6.07, 6.45) is 1.21. The van der Waals surface area contributed by atoms with Crippen LogP contribution < -0.4 is 5.73 Å². The quantitative estimate of drug-likeness (QED) is 0.825. The Hall–Kier alpha value is -1.38. The molecule has 2 unspecified atom stereocenters. The first-order chi connectivity index (χ1) is 10.2. The SMILES string of the molecule is CCC(C)CN(CC)C(CN)c1cccc2ccccc12. The summed E-state index contributed by atoms with van der Waals surface area (Å²) >= 11 is 0. The third-order valence-corrected chi connectivity index (χ3v) is 4.50. The van der Waals surface area contributed by atoms with Gasteiger partial charge in [0, 0.05) is 19.1 Å². The maximum Gasteiger partial charge on any atom is 0.0476 e. The van der Waals surface area contributed by atoms with E-state index in [4.69, 9.17) is 5.73 Å². The third-order valence-electron chi connectivity index (χ3n) is 4.50. The van der Waals surface area contributed by atoms with Crippen LogP contribution in [0.2, 0.25) is 0 Å². The minimum atomic E-state index is 0.301. The van der Waals surface area contributed by atoms with E-state index in [9.17, 15) is 0 Å². The van der Waals surface area contributed by atoms with E-state index in [2.05, 4.69) is 68.1 Å². The van der Waals surface area contributed by atoms with Crippen LogP contribution in [0.15, 0.2) is 42.5 Å². The molecule has 2 aromatic rings.